The molecule has 0 N–H and O–H groups in total. The molecule has 0 atom stereocenters. The number of allylic oxidation sites excluding steroid dienone is 3. The van der Waals surface area contributed by atoms with E-state index in [4.69, 9.17) is 18.6 Å². The van der Waals surface area contributed by atoms with Crippen LogP contribution in [0.2, 0.25) is 0 Å². The van der Waals surface area contributed by atoms with Gasteiger partial charge in [-0.15, -0.1) is 0 Å². The number of ether oxygens (including phenoxy) is 3. The summed E-state index contributed by atoms with van der Waals surface area (Å²) in [4.78, 5) is 37.4. The summed E-state index contributed by atoms with van der Waals surface area (Å²) in [5, 5.41) is 0.144. The summed E-state index contributed by atoms with van der Waals surface area (Å²) < 4.78 is 22.1. The molecule has 0 saturated heterocycles. The molecule has 2 aromatic carbocycles. The molecule has 0 radical (unpaired) electrons. The number of esters is 2. The van der Waals surface area contributed by atoms with Gasteiger partial charge in [0.05, 0.1) is 5.56 Å². The number of hydrogen-bond donors (Lipinski definition) is 0. The number of fused-ring (bicyclic) bond motifs is 1. The molecule has 1 heterocycles. The van der Waals surface area contributed by atoms with Crippen molar-refractivity contribution in [3.05, 3.63) is 87.8 Å². The summed E-state index contributed by atoms with van der Waals surface area (Å²) in [7, 11) is 0. The second-order valence-electron chi connectivity index (χ2n) is 8.21. The van der Waals surface area contributed by atoms with Crippen LogP contribution < -0.4 is 19.8 Å². The van der Waals surface area contributed by atoms with Gasteiger partial charge in [-0.3, -0.25) is 4.79 Å². The Labute approximate surface area is 203 Å². The fraction of sp³-hybridized carbons (Fsp3) is 0.250. The maximum Gasteiger partial charge on any atom is 0.383 e. The fourth-order valence-electron chi connectivity index (χ4n) is 3.32. The lowest BCUT2D eigenvalue weighted by molar-refractivity contribution is -0.131. The Morgan fingerprint density at radius 2 is 1.63 bits per heavy atom. The van der Waals surface area contributed by atoms with Gasteiger partial charge < -0.3 is 18.6 Å². The third kappa shape index (κ3) is 6.93. The second-order valence-corrected chi connectivity index (χ2v) is 8.21. The van der Waals surface area contributed by atoms with Gasteiger partial charge in [0.15, 0.2) is 5.75 Å². The molecule has 0 aliphatic rings. The highest BCUT2D eigenvalue weighted by molar-refractivity contribution is 5.98. The minimum Gasteiger partial charge on any atom is -0.480 e. The average molecular weight is 477 g/mol. The zero-order valence-corrected chi connectivity index (χ0v) is 20.3. The van der Waals surface area contributed by atoms with Crippen molar-refractivity contribution in [3.8, 4) is 17.2 Å². The topological polar surface area (TPSA) is 92.0 Å². The van der Waals surface area contributed by atoms with Crippen LogP contribution in [0, 0.1) is 0 Å². The van der Waals surface area contributed by atoms with Crippen LogP contribution in [0.15, 0.2) is 81.0 Å². The maximum atomic E-state index is 12.9. The number of hydrogen-bond acceptors (Lipinski definition) is 7. The highest BCUT2D eigenvalue weighted by Gasteiger charge is 2.24. The molecule has 0 bridgehead atoms. The van der Waals surface area contributed by atoms with Gasteiger partial charge >= 0.3 is 17.6 Å². The third-order valence-corrected chi connectivity index (χ3v) is 5.02. The van der Waals surface area contributed by atoms with Gasteiger partial charge in [0.2, 0.25) is 5.75 Å². The van der Waals surface area contributed by atoms with Crippen LogP contribution in [-0.2, 0) is 4.79 Å². The van der Waals surface area contributed by atoms with E-state index in [1.165, 1.54) is 24.6 Å². The van der Waals surface area contributed by atoms with Crippen molar-refractivity contribution in [1.29, 1.82) is 0 Å². The predicted molar refractivity (Wildman–Crippen MR) is 133 cm³/mol. The van der Waals surface area contributed by atoms with Crippen molar-refractivity contribution in [2.24, 2.45) is 0 Å². The summed E-state index contributed by atoms with van der Waals surface area (Å²) in [6.07, 6.45) is 5.73. The summed E-state index contributed by atoms with van der Waals surface area (Å²) in [5.41, 5.74) is 1.88. The van der Waals surface area contributed by atoms with E-state index in [1.807, 2.05) is 26.8 Å². The molecule has 182 valence electrons. The molecular formula is C28H28O7. The zero-order valence-electron chi connectivity index (χ0n) is 20.3. The lowest BCUT2D eigenvalue weighted by Gasteiger charge is -2.14. The molecule has 35 heavy (non-hydrogen) atoms. The SMILES string of the molecule is CC(=O)Oc1cccc2oc(=O)c(OC/C=C(\C)CCC=C(C)C)c(OC(=O)c3ccccc3)c12. The monoisotopic (exact) mass is 476 g/mol. The average Bonchev–Trinajstić information content (AvgIpc) is 2.80. The Hall–Kier alpha value is -4.13. The summed E-state index contributed by atoms with van der Waals surface area (Å²) >= 11 is 0. The number of rotatable bonds is 9. The highest BCUT2D eigenvalue weighted by atomic mass is 16.6. The zero-order chi connectivity index (χ0) is 25.4. The first-order chi connectivity index (χ1) is 16.8. The van der Waals surface area contributed by atoms with E-state index in [1.54, 1.807) is 36.4 Å². The maximum absolute atomic E-state index is 12.9. The Bertz CT molecular complexity index is 1330. The van der Waals surface area contributed by atoms with Crippen LogP contribution in [-0.4, -0.2) is 18.5 Å². The van der Waals surface area contributed by atoms with E-state index in [0.717, 1.165) is 18.4 Å². The van der Waals surface area contributed by atoms with Crippen LogP contribution in [0.5, 0.6) is 17.2 Å². The highest BCUT2D eigenvalue weighted by Crippen LogP contribution is 2.39. The van der Waals surface area contributed by atoms with Crippen LogP contribution >= 0.6 is 0 Å². The van der Waals surface area contributed by atoms with Gasteiger partial charge in [-0.1, -0.05) is 41.5 Å². The first-order valence-corrected chi connectivity index (χ1v) is 11.2. The number of carbonyl (C=O) groups excluding carboxylic acids is 2. The van der Waals surface area contributed by atoms with Crippen molar-refractivity contribution >= 4 is 22.9 Å². The van der Waals surface area contributed by atoms with Gasteiger partial charge in [-0.05, 0) is 64.0 Å². The molecule has 0 unspecified atom stereocenters. The Morgan fingerprint density at radius 1 is 0.886 bits per heavy atom. The Morgan fingerprint density at radius 3 is 2.31 bits per heavy atom. The van der Waals surface area contributed by atoms with E-state index < -0.39 is 17.6 Å². The minimum absolute atomic E-state index is 0.0581. The van der Waals surface area contributed by atoms with Gasteiger partial charge in [0, 0.05) is 6.92 Å². The van der Waals surface area contributed by atoms with E-state index in [-0.39, 0.29) is 40.4 Å². The van der Waals surface area contributed by atoms with Gasteiger partial charge in [-0.2, -0.15) is 0 Å². The first kappa shape index (κ1) is 25.5. The van der Waals surface area contributed by atoms with Crippen LogP contribution in [0.1, 0.15) is 50.9 Å². The van der Waals surface area contributed by atoms with Crippen molar-refractivity contribution in [1.82, 2.24) is 0 Å². The molecule has 0 saturated carbocycles. The normalized spacial score (nSPS) is 11.1. The third-order valence-electron chi connectivity index (χ3n) is 5.02. The summed E-state index contributed by atoms with van der Waals surface area (Å²) in [5.74, 6) is -1.66. The fourth-order valence-corrected chi connectivity index (χ4v) is 3.32. The van der Waals surface area contributed by atoms with Crippen LogP contribution in [0.3, 0.4) is 0 Å². The van der Waals surface area contributed by atoms with E-state index in [9.17, 15) is 14.4 Å². The molecule has 0 aliphatic heterocycles. The first-order valence-electron chi connectivity index (χ1n) is 11.2. The summed E-state index contributed by atoms with van der Waals surface area (Å²) in [6.45, 7) is 7.36. The molecule has 0 aliphatic carbocycles. The van der Waals surface area contributed by atoms with Gasteiger partial charge in [0.1, 0.15) is 23.3 Å². The van der Waals surface area contributed by atoms with E-state index >= 15 is 0 Å². The number of benzene rings is 2. The number of carbonyl (C=O) groups is 2. The molecule has 0 spiro atoms. The molecule has 0 fully saturated rings. The van der Waals surface area contributed by atoms with E-state index in [0.29, 0.717) is 0 Å². The van der Waals surface area contributed by atoms with E-state index in [2.05, 4.69) is 6.08 Å². The standard InChI is InChI=1S/C28H28O7/c1-18(2)10-8-11-19(3)16-17-32-26-25(35-27(30)21-12-6-5-7-13-21)24-22(33-20(4)29)14-9-15-23(24)34-28(26)31/h5-7,9-10,12-16H,8,11,17H2,1-4H3/b19-16+. The molecule has 7 nitrogen and oxygen atoms in total. The Balaban J connectivity index is 2.02. The van der Waals surface area contributed by atoms with Gasteiger partial charge in [-0.25, -0.2) is 9.59 Å². The molecule has 7 heteroatoms. The predicted octanol–water partition coefficient (Wildman–Crippen LogP) is 6.01. The lowest BCUT2D eigenvalue weighted by atomic mass is 10.1. The van der Waals surface area contributed by atoms with Crippen molar-refractivity contribution < 1.29 is 28.2 Å². The molecule has 0 amide bonds. The largest absolute Gasteiger partial charge is 0.480 e. The van der Waals surface area contributed by atoms with Gasteiger partial charge in [0.25, 0.3) is 0 Å². The molecular weight excluding hydrogens is 448 g/mol. The van der Waals surface area contributed by atoms with Crippen molar-refractivity contribution in [2.45, 2.75) is 40.5 Å². The molecule has 3 rings (SSSR count). The quantitative estimate of drug-likeness (QED) is 0.162. The van der Waals surface area contributed by atoms with Crippen LogP contribution in [0.4, 0.5) is 0 Å². The Kier molecular flexibility index (Phi) is 8.62. The summed E-state index contributed by atoms with van der Waals surface area (Å²) in [6, 6.07) is 12.9. The lowest BCUT2D eigenvalue weighted by Crippen LogP contribution is -2.15. The smallest absolute Gasteiger partial charge is 0.383 e. The van der Waals surface area contributed by atoms with Crippen molar-refractivity contribution in [2.75, 3.05) is 6.61 Å². The molecule has 1 aromatic heterocycles. The minimum atomic E-state index is -0.816. The van der Waals surface area contributed by atoms with Crippen molar-refractivity contribution in [3.63, 3.8) is 0 Å². The molecule has 3 aromatic rings. The second kappa shape index (κ2) is 11.8. The van der Waals surface area contributed by atoms with Crippen LogP contribution in [0.25, 0.3) is 11.0 Å².